The first-order valence-corrected chi connectivity index (χ1v) is 13.6. The van der Waals surface area contributed by atoms with Crippen LogP contribution in [0.5, 0.6) is 11.5 Å². The third-order valence-corrected chi connectivity index (χ3v) is 7.63. The molecule has 9 heteroatoms. The van der Waals surface area contributed by atoms with Crippen LogP contribution < -0.4 is 20.1 Å². The van der Waals surface area contributed by atoms with Gasteiger partial charge < -0.3 is 29.6 Å². The van der Waals surface area contributed by atoms with Gasteiger partial charge in [-0.15, -0.1) is 0 Å². The van der Waals surface area contributed by atoms with E-state index in [-0.39, 0.29) is 24.4 Å². The fourth-order valence-electron chi connectivity index (χ4n) is 5.38. The number of carbonyl (C=O) groups is 1. The molecule has 2 N–H and O–H groups in total. The standard InChI is InChI=1S/C31H33N5O3S/c1-20-19-24(21(2)36(20)22-12-14-23(38-3)15-13-22)30-29(26-10-7-8-17-32-26)34-31(40)35(30)18-16-28(37)33-25-9-5-6-11-27(25)39-4/h5-15,17,19,29-30H,16,18H2,1-4H3,(H,33,37)(H,34,40)/t29-,30-/m0/s1. The van der Waals surface area contributed by atoms with Crippen LogP contribution in [-0.4, -0.2) is 46.2 Å². The fourth-order valence-corrected chi connectivity index (χ4v) is 5.71. The topological polar surface area (TPSA) is 80.7 Å². The molecular formula is C31H33N5O3S. The average molecular weight is 556 g/mol. The van der Waals surface area contributed by atoms with E-state index >= 15 is 0 Å². The maximum absolute atomic E-state index is 13.0. The number of thiocarbonyl (C=S) groups is 1. The number of amides is 1. The van der Waals surface area contributed by atoms with Gasteiger partial charge in [-0.3, -0.25) is 9.78 Å². The Balaban J connectivity index is 1.46. The van der Waals surface area contributed by atoms with Crippen LogP contribution >= 0.6 is 12.2 Å². The lowest BCUT2D eigenvalue weighted by molar-refractivity contribution is -0.116. The van der Waals surface area contributed by atoms with Crippen molar-refractivity contribution in [2.75, 3.05) is 26.1 Å². The summed E-state index contributed by atoms with van der Waals surface area (Å²) in [5.74, 6) is 1.31. The molecule has 0 bridgehead atoms. The first-order valence-electron chi connectivity index (χ1n) is 13.2. The number of aryl methyl sites for hydroxylation is 1. The summed E-state index contributed by atoms with van der Waals surface area (Å²) in [4.78, 5) is 19.8. The summed E-state index contributed by atoms with van der Waals surface area (Å²) in [5.41, 5.74) is 5.91. The molecular weight excluding hydrogens is 522 g/mol. The minimum Gasteiger partial charge on any atom is -0.497 e. The third kappa shape index (κ3) is 5.37. The van der Waals surface area contributed by atoms with Crippen molar-refractivity contribution >= 4 is 28.9 Å². The van der Waals surface area contributed by atoms with Crippen molar-refractivity contribution in [2.45, 2.75) is 32.4 Å². The number of pyridine rings is 1. The van der Waals surface area contributed by atoms with Crippen LogP contribution in [0.4, 0.5) is 5.69 Å². The number of hydrogen-bond donors (Lipinski definition) is 2. The number of aromatic nitrogens is 2. The van der Waals surface area contributed by atoms with Gasteiger partial charge in [-0.2, -0.15) is 0 Å². The van der Waals surface area contributed by atoms with Gasteiger partial charge in [0.25, 0.3) is 0 Å². The van der Waals surface area contributed by atoms with Gasteiger partial charge in [0.15, 0.2) is 5.11 Å². The van der Waals surface area contributed by atoms with Crippen LogP contribution in [-0.2, 0) is 4.79 Å². The lowest BCUT2D eigenvalue weighted by Gasteiger charge is -2.28. The largest absolute Gasteiger partial charge is 0.497 e. The van der Waals surface area contributed by atoms with E-state index in [4.69, 9.17) is 21.7 Å². The second-order valence-electron chi connectivity index (χ2n) is 9.68. The quantitative estimate of drug-likeness (QED) is 0.264. The van der Waals surface area contributed by atoms with Gasteiger partial charge in [-0.25, -0.2) is 0 Å². The smallest absolute Gasteiger partial charge is 0.226 e. The van der Waals surface area contributed by atoms with E-state index in [1.54, 1.807) is 20.4 Å². The summed E-state index contributed by atoms with van der Waals surface area (Å²) < 4.78 is 13.0. The molecule has 5 rings (SSSR count). The molecule has 1 saturated heterocycles. The Morgan fingerprint density at radius 2 is 1.77 bits per heavy atom. The second-order valence-corrected chi connectivity index (χ2v) is 10.1. The van der Waals surface area contributed by atoms with Gasteiger partial charge in [0, 0.05) is 36.2 Å². The molecule has 206 valence electrons. The summed E-state index contributed by atoms with van der Waals surface area (Å²) in [6.07, 6.45) is 2.05. The molecule has 0 spiro atoms. The Morgan fingerprint density at radius 1 is 1.02 bits per heavy atom. The van der Waals surface area contributed by atoms with E-state index in [2.05, 4.69) is 57.1 Å². The van der Waals surface area contributed by atoms with Crippen LogP contribution in [0.2, 0.25) is 0 Å². The molecule has 2 atom stereocenters. The molecule has 1 aliphatic heterocycles. The zero-order valence-corrected chi connectivity index (χ0v) is 23.9. The van der Waals surface area contributed by atoms with Crippen molar-refractivity contribution in [3.05, 3.63) is 102 Å². The first-order chi connectivity index (χ1) is 19.4. The molecule has 8 nitrogen and oxygen atoms in total. The van der Waals surface area contributed by atoms with Crippen molar-refractivity contribution < 1.29 is 14.3 Å². The lowest BCUT2D eigenvalue weighted by atomic mass is 9.96. The maximum atomic E-state index is 13.0. The van der Waals surface area contributed by atoms with Crippen LogP contribution in [0.1, 0.15) is 41.1 Å². The lowest BCUT2D eigenvalue weighted by Crippen LogP contribution is -2.33. The van der Waals surface area contributed by atoms with Crippen molar-refractivity contribution in [2.24, 2.45) is 0 Å². The number of anilines is 1. The highest BCUT2D eigenvalue weighted by molar-refractivity contribution is 7.80. The number of nitrogens with zero attached hydrogens (tertiary/aromatic N) is 3. The highest BCUT2D eigenvalue weighted by atomic mass is 32.1. The average Bonchev–Trinajstić information content (AvgIpc) is 3.46. The van der Waals surface area contributed by atoms with E-state index in [9.17, 15) is 4.79 Å². The van der Waals surface area contributed by atoms with Gasteiger partial charge in [-0.1, -0.05) is 18.2 Å². The first kappa shape index (κ1) is 27.2. The monoisotopic (exact) mass is 555 g/mol. The number of nitrogens with one attached hydrogen (secondary N) is 2. The predicted molar refractivity (Wildman–Crippen MR) is 160 cm³/mol. The van der Waals surface area contributed by atoms with Gasteiger partial charge in [0.2, 0.25) is 5.91 Å². The van der Waals surface area contributed by atoms with Crippen LogP contribution in [0.25, 0.3) is 5.69 Å². The number of methoxy groups -OCH3 is 2. The van der Waals surface area contributed by atoms with Crippen molar-refractivity contribution in [3.8, 4) is 17.2 Å². The zero-order valence-electron chi connectivity index (χ0n) is 23.0. The second kappa shape index (κ2) is 11.8. The van der Waals surface area contributed by atoms with Crippen LogP contribution in [0, 0.1) is 13.8 Å². The van der Waals surface area contributed by atoms with Gasteiger partial charge in [-0.05, 0) is 86.2 Å². The minimum absolute atomic E-state index is 0.115. The molecule has 0 saturated carbocycles. The molecule has 0 radical (unpaired) electrons. The molecule has 1 amide bonds. The highest BCUT2D eigenvalue weighted by Crippen LogP contribution is 2.41. The Hall–Kier alpha value is -4.37. The minimum atomic E-state index is -0.171. The van der Waals surface area contributed by atoms with Crippen LogP contribution in [0.3, 0.4) is 0 Å². The number of para-hydroxylation sites is 2. The number of rotatable bonds is 9. The molecule has 2 aromatic heterocycles. The normalized spacial score (nSPS) is 16.5. The Labute approximate surface area is 239 Å². The van der Waals surface area contributed by atoms with E-state index in [1.165, 1.54) is 0 Å². The Morgan fingerprint density at radius 3 is 2.48 bits per heavy atom. The van der Waals surface area contributed by atoms with E-state index in [0.717, 1.165) is 34.1 Å². The summed E-state index contributed by atoms with van der Waals surface area (Å²) in [5, 5.41) is 7.06. The summed E-state index contributed by atoms with van der Waals surface area (Å²) in [6, 6.07) is 23.2. The fraction of sp³-hybridized carbons (Fsp3) is 0.258. The van der Waals surface area contributed by atoms with E-state index < -0.39 is 0 Å². The molecule has 4 aromatic rings. The summed E-state index contributed by atoms with van der Waals surface area (Å²) in [6.45, 7) is 4.66. The Bertz CT molecular complexity index is 1500. The molecule has 1 aliphatic rings. The molecule has 40 heavy (non-hydrogen) atoms. The predicted octanol–water partition coefficient (Wildman–Crippen LogP) is 5.51. The Kier molecular flexibility index (Phi) is 8.02. The van der Waals surface area contributed by atoms with E-state index in [0.29, 0.717) is 23.1 Å². The molecule has 0 unspecified atom stereocenters. The molecule has 0 aliphatic carbocycles. The van der Waals surface area contributed by atoms with Crippen molar-refractivity contribution in [1.82, 2.24) is 19.8 Å². The SMILES string of the molecule is COc1ccc(-n2c(C)cc([C@H]3[C@H](c4ccccn4)NC(=S)N3CCC(=O)Nc3ccccc3OC)c2C)cc1. The number of hydrogen-bond acceptors (Lipinski definition) is 5. The summed E-state index contributed by atoms with van der Waals surface area (Å²) >= 11 is 5.83. The number of carbonyl (C=O) groups excluding carboxylic acids is 1. The van der Waals surface area contributed by atoms with Crippen LogP contribution in [0.15, 0.2) is 79.0 Å². The number of ether oxygens (including phenoxy) is 2. The highest BCUT2D eigenvalue weighted by Gasteiger charge is 2.41. The third-order valence-electron chi connectivity index (χ3n) is 7.28. The van der Waals surface area contributed by atoms with Gasteiger partial charge in [0.1, 0.15) is 11.5 Å². The maximum Gasteiger partial charge on any atom is 0.226 e. The summed E-state index contributed by atoms with van der Waals surface area (Å²) in [7, 11) is 3.25. The van der Waals surface area contributed by atoms with Crippen molar-refractivity contribution in [1.29, 1.82) is 0 Å². The van der Waals surface area contributed by atoms with Gasteiger partial charge >= 0.3 is 0 Å². The molecule has 3 heterocycles. The van der Waals surface area contributed by atoms with Gasteiger partial charge in [0.05, 0.1) is 37.7 Å². The molecule has 1 fully saturated rings. The number of benzene rings is 2. The molecule has 2 aromatic carbocycles. The van der Waals surface area contributed by atoms with E-state index in [1.807, 2.05) is 54.6 Å². The zero-order chi connectivity index (χ0) is 28.2. The van der Waals surface area contributed by atoms with Crippen molar-refractivity contribution in [3.63, 3.8) is 0 Å².